The van der Waals surface area contributed by atoms with E-state index in [4.69, 9.17) is 14.2 Å². The fraction of sp³-hybridized carbons (Fsp3) is 0.625. The number of benzene rings is 1. The minimum absolute atomic E-state index is 0.347. The van der Waals surface area contributed by atoms with Crippen molar-refractivity contribution in [1.82, 2.24) is 5.32 Å². The predicted octanol–water partition coefficient (Wildman–Crippen LogP) is 2.75. The van der Waals surface area contributed by atoms with Gasteiger partial charge in [-0.25, -0.2) is 0 Å². The summed E-state index contributed by atoms with van der Waals surface area (Å²) in [5, 5.41) is 3.52. The zero-order valence-electron chi connectivity index (χ0n) is 12.6. The van der Waals surface area contributed by atoms with Crippen LogP contribution in [0.5, 0.6) is 11.5 Å². The summed E-state index contributed by atoms with van der Waals surface area (Å²) in [6.07, 6.45) is 2.67. The van der Waals surface area contributed by atoms with Gasteiger partial charge in [0.25, 0.3) is 0 Å². The summed E-state index contributed by atoms with van der Waals surface area (Å²) in [5.74, 6) is 1.59. The van der Waals surface area contributed by atoms with Gasteiger partial charge in [0.2, 0.25) is 0 Å². The summed E-state index contributed by atoms with van der Waals surface area (Å²) in [6.45, 7) is 6.50. The van der Waals surface area contributed by atoms with E-state index in [0.29, 0.717) is 18.8 Å². The first-order chi connectivity index (χ1) is 9.74. The molecule has 1 N–H and O–H groups in total. The third-order valence-corrected chi connectivity index (χ3v) is 3.68. The molecular formula is C16H25NO3. The Balaban J connectivity index is 1.91. The van der Waals surface area contributed by atoms with Crippen LogP contribution in [0.1, 0.15) is 32.3 Å². The van der Waals surface area contributed by atoms with Gasteiger partial charge in [0.05, 0.1) is 19.8 Å². The Kier molecular flexibility index (Phi) is 5.68. The first-order valence-corrected chi connectivity index (χ1v) is 7.39. The fourth-order valence-electron chi connectivity index (χ4n) is 2.50. The lowest BCUT2D eigenvalue weighted by molar-refractivity contribution is 0.0832. The third-order valence-electron chi connectivity index (χ3n) is 3.68. The van der Waals surface area contributed by atoms with E-state index in [2.05, 4.69) is 18.3 Å². The van der Waals surface area contributed by atoms with Crippen molar-refractivity contribution in [2.45, 2.75) is 45.4 Å². The van der Waals surface area contributed by atoms with Crippen LogP contribution in [0.2, 0.25) is 0 Å². The number of ether oxygens (including phenoxy) is 3. The lowest BCUT2D eigenvalue weighted by Gasteiger charge is -2.20. The van der Waals surface area contributed by atoms with Gasteiger partial charge in [0.15, 0.2) is 11.5 Å². The highest BCUT2D eigenvalue weighted by Crippen LogP contribution is 2.28. The molecule has 0 aromatic heterocycles. The summed E-state index contributed by atoms with van der Waals surface area (Å²) in [4.78, 5) is 0. The lowest BCUT2D eigenvalue weighted by atomic mass is 10.1. The van der Waals surface area contributed by atoms with Crippen LogP contribution in [0.4, 0.5) is 0 Å². The average Bonchev–Trinajstić information content (AvgIpc) is 3.00. The maximum Gasteiger partial charge on any atom is 0.161 e. The Morgan fingerprint density at radius 3 is 2.90 bits per heavy atom. The van der Waals surface area contributed by atoms with Crippen molar-refractivity contribution in [2.75, 3.05) is 20.3 Å². The van der Waals surface area contributed by atoms with E-state index < -0.39 is 0 Å². The van der Waals surface area contributed by atoms with Gasteiger partial charge in [0, 0.05) is 19.2 Å². The van der Waals surface area contributed by atoms with Gasteiger partial charge < -0.3 is 19.5 Å². The molecule has 1 heterocycles. The lowest BCUT2D eigenvalue weighted by Crippen LogP contribution is -2.36. The standard InChI is InChI=1S/C16H25NO3/c1-4-19-15-8-7-13(10-16(15)18-3)11-17-12(2)14-6-5-9-20-14/h7-8,10,12,14,17H,4-6,9,11H2,1-3H3. The van der Waals surface area contributed by atoms with E-state index in [1.54, 1.807) is 7.11 Å². The molecule has 0 spiro atoms. The van der Waals surface area contributed by atoms with Gasteiger partial charge in [-0.05, 0) is 44.4 Å². The van der Waals surface area contributed by atoms with Crippen LogP contribution in [0.25, 0.3) is 0 Å². The third kappa shape index (κ3) is 3.87. The summed E-state index contributed by atoms with van der Waals surface area (Å²) >= 11 is 0. The quantitative estimate of drug-likeness (QED) is 0.833. The zero-order chi connectivity index (χ0) is 14.4. The Labute approximate surface area is 121 Å². The topological polar surface area (TPSA) is 39.7 Å². The van der Waals surface area contributed by atoms with Crippen molar-refractivity contribution in [3.63, 3.8) is 0 Å². The van der Waals surface area contributed by atoms with Crippen LogP contribution in [-0.2, 0) is 11.3 Å². The van der Waals surface area contributed by atoms with Gasteiger partial charge in [-0.2, -0.15) is 0 Å². The first-order valence-electron chi connectivity index (χ1n) is 7.39. The molecule has 0 aliphatic carbocycles. The van der Waals surface area contributed by atoms with E-state index in [1.165, 1.54) is 12.0 Å². The van der Waals surface area contributed by atoms with E-state index in [0.717, 1.165) is 31.1 Å². The Hall–Kier alpha value is -1.26. The van der Waals surface area contributed by atoms with Gasteiger partial charge in [-0.15, -0.1) is 0 Å². The smallest absolute Gasteiger partial charge is 0.161 e. The van der Waals surface area contributed by atoms with E-state index in [1.807, 2.05) is 19.1 Å². The Morgan fingerprint density at radius 2 is 2.25 bits per heavy atom. The molecule has 0 amide bonds. The largest absolute Gasteiger partial charge is 0.493 e. The molecule has 1 aliphatic heterocycles. The number of rotatable bonds is 7. The number of nitrogens with one attached hydrogen (secondary N) is 1. The van der Waals surface area contributed by atoms with Gasteiger partial charge in [0.1, 0.15) is 0 Å². The van der Waals surface area contributed by atoms with E-state index in [9.17, 15) is 0 Å². The van der Waals surface area contributed by atoms with Crippen LogP contribution >= 0.6 is 0 Å². The first kappa shape index (κ1) is 15.1. The number of methoxy groups -OCH3 is 1. The zero-order valence-corrected chi connectivity index (χ0v) is 12.6. The fourth-order valence-corrected chi connectivity index (χ4v) is 2.50. The Bertz CT molecular complexity index is 416. The summed E-state index contributed by atoms with van der Waals surface area (Å²) in [6, 6.07) is 6.44. The average molecular weight is 279 g/mol. The highest BCUT2D eigenvalue weighted by Gasteiger charge is 2.21. The molecule has 20 heavy (non-hydrogen) atoms. The molecule has 1 aromatic carbocycles. The van der Waals surface area contributed by atoms with Crippen LogP contribution < -0.4 is 14.8 Å². The molecule has 1 aromatic rings. The van der Waals surface area contributed by atoms with Crippen molar-refractivity contribution < 1.29 is 14.2 Å². The molecule has 1 aliphatic rings. The molecule has 2 unspecified atom stereocenters. The molecule has 4 heteroatoms. The minimum atomic E-state index is 0.347. The molecular weight excluding hydrogens is 254 g/mol. The van der Waals surface area contributed by atoms with Gasteiger partial charge in [-0.1, -0.05) is 6.07 Å². The van der Waals surface area contributed by atoms with Crippen molar-refractivity contribution in [3.8, 4) is 11.5 Å². The van der Waals surface area contributed by atoms with Crippen molar-refractivity contribution in [2.24, 2.45) is 0 Å². The molecule has 2 atom stereocenters. The maximum absolute atomic E-state index is 5.69. The molecule has 4 nitrogen and oxygen atoms in total. The monoisotopic (exact) mass is 279 g/mol. The summed E-state index contributed by atoms with van der Waals surface area (Å²) in [5.41, 5.74) is 1.19. The van der Waals surface area contributed by atoms with Crippen molar-refractivity contribution in [1.29, 1.82) is 0 Å². The van der Waals surface area contributed by atoms with Gasteiger partial charge >= 0.3 is 0 Å². The predicted molar refractivity (Wildman–Crippen MR) is 79.4 cm³/mol. The summed E-state index contributed by atoms with van der Waals surface area (Å²) < 4.78 is 16.6. The second-order valence-electron chi connectivity index (χ2n) is 5.14. The highest BCUT2D eigenvalue weighted by atomic mass is 16.5. The molecule has 1 fully saturated rings. The van der Waals surface area contributed by atoms with Crippen LogP contribution in [0.15, 0.2) is 18.2 Å². The van der Waals surface area contributed by atoms with Crippen molar-refractivity contribution in [3.05, 3.63) is 23.8 Å². The molecule has 0 radical (unpaired) electrons. The molecule has 2 rings (SSSR count). The number of hydrogen-bond donors (Lipinski definition) is 1. The number of hydrogen-bond acceptors (Lipinski definition) is 4. The highest BCUT2D eigenvalue weighted by molar-refractivity contribution is 5.42. The SMILES string of the molecule is CCOc1ccc(CNC(C)C2CCCO2)cc1OC. The molecule has 0 saturated carbocycles. The van der Waals surface area contributed by atoms with E-state index in [-0.39, 0.29) is 0 Å². The minimum Gasteiger partial charge on any atom is -0.493 e. The summed E-state index contributed by atoms with van der Waals surface area (Å²) in [7, 11) is 1.67. The van der Waals surface area contributed by atoms with Crippen LogP contribution in [0, 0.1) is 0 Å². The van der Waals surface area contributed by atoms with Gasteiger partial charge in [-0.3, -0.25) is 0 Å². The van der Waals surface area contributed by atoms with Crippen LogP contribution in [-0.4, -0.2) is 32.5 Å². The normalized spacial score (nSPS) is 19.9. The molecule has 1 saturated heterocycles. The Morgan fingerprint density at radius 1 is 1.40 bits per heavy atom. The van der Waals surface area contributed by atoms with E-state index >= 15 is 0 Å². The molecule has 0 bridgehead atoms. The van der Waals surface area contributed by atoms with Crippen LogP contribution in [0.3, 0.4) is 0 Å². The molecule has 112 valence electrons. The maximum atomic E-state index is 5.69. The van der Waals surface area contributed by atoms with Crippen molar-refractivity contribution >= 4 is 0 Å². The second-order valence-corrected chi connectivity index (χ2v) is 5.14. The second kappa shape index (κ2) is 7.50.